The Bertz CT molecular complexity index is 939. The topological polar surface area (TPSA) is 86.8 Å². The number of rotatable bonds is 4. The van der Waals surface area contributed by atoms with Gasteiger partial charge < -0.3 is 10.2 Å². The number of amides is 1. The van der Waals surface area contributed by atoms with Crippen molar-refractivity contribution in [3.05, 3.63) is 40.0 Å². The molecule has 27 heavy (non-hydrogen) atoms. The number of anilines is 1. The number of hydrogen-bond acceptors (Lipinski definition) is 5. The van der Waals surface area contributed by atoms with E-state index in [9.17, 15) is 10.1 Å². The van der Waals surface area contributed by atoms with Crippen molar-refractivity contribution in [3.63, 3.8) is 0 Å². The van der Waals surface area contributed by atoms with Crippen LogP contribution in [0, 0.1) is 44.9 Å². The summed E-state index contributed by atoms with van der Waals surface area (Å²) < 4.78 is 1.87. The van der Waals surface area contributed by atoms with Crippen molar-refractivity contribution < 1.29 is 4.79 Å². The largest absolute Gasteiger partial charge is 0.383 e. The van der Waals surface area contributed by atoms with E-state index in [0.717, 1.165) is 34.0 Å². The van der Waals surface area contributed by atoms with E-state index < -0.39 is 0 Å². The van der Waals surface area contributed by atoms with Crippen molar-refractivity contribution in [2.24, 2.45) is 13.0 Å². The number of carbonyl (C=O) groups is 1. The van der Waals surface area contributed by atoms with Crippen LogP contribution in [-0.4, -0.2) is 39.2 Å². The monoisotopic (exact) mass is 366 g/mol. The van der Waals surface area contributed by atoms with Crippen LogP contribution in [0.1, 0.15) is 46.4 Å². The summed E-state index contributed by atoms with van der Waals surface area (Å²) in [6.07, 6.45) is 0.479. The van der Waals surface area contributed by atoms with Crippen LogP contribution in [-0.2, 0) is 11.8 Å². The summed E-state index contributed by atoms with van der Waals surface area (Å²) in [6.45, 7) is 8.39. The van der Waals surface area contributed by atoms with Gasteiger partial charge in [0.2, 0.25) is 5.91 Å². The van der Waals surface area contributed by atoms with Crippen molar-refractivity contribution in [2.45, 2.75) is 40.2 Å². The zero-order valence-corrected chi connectivity index (χ0v) is 16.8. The lowest BCUT2D eigenvalue weighted by atomic mass is 9.92. The first-order valence-corrected chi connectivity index (χ1v) is 9.12. The lowest BCUT2D eigenvalue weighted by molar-refractivity contribution is -0.127. The molecular formula is C20H26N6O. The summed E-state index contributed by atoms with van der Waals surface area (Å²) in [7, 11) is 3.79. The van der Waals surface area contributed by atoms with Crippen LogP contribution in [0.3, 0.4) is 0 Å². The number of hydrogen-bond donors (Lipinski definition) is 1. The fraction of sp³-hybridized carbons (Fsp3) is 0.500. The van der Waals surface area contributed by atoms with E-state index in [-0.39, 0.29) is 17.9 Å². The average molecular weight is 366 g/mol. The maximum Gasteiger partial charge on any atom is 0.223 e. The van der Waals surface area contributed by atoms with Crippen LogP contribution in [0.5, 0.6) is 0 Å². The maximum atomic E-state index is 12.4. The average Bonchev–Trinajstić information content (AvgIpc) is 3.01. The summed E-state index contributed by atoms with van der Waals surface area (Å²) in [5.41, 5.74) is 6.09. The zero-order chi connectivity index (χ0) is 19.9. The van der Waals surface area contributed by atoms with Crippen molar-refractivity contribution in [1.29, 1.82) is 5.26 Å². The first-order chi connectivity index (χ1) is 12.7. The van der Waals surface area contributed by atoms with E-state index in [4.69, 9.17) is 0 Å². The smallest absolute Gasteiger partial charge is 0.223 e. The lowest BCUT2D eigenvalue weighted by Gasteiger charge is -2.26. The SMILES string of the molecule is Cc1cc(NC[C@@H]2CC(=O)N(C)[C@H]2c2c(C)nn(C)c2C)c(C#N)c(C)n1. The molecule has 0 spiro atoms. The molecule has 1 saturated heterocycles. The third-order valence-electron chi connectivity index (χ3n) is 5.55. The first-order valence-electron chi connectivity index (χ1n) is 9.12. The second-order valence-electron chi connectivity index (χ2n) is 7.39. The van der Waals surface area contributed by atoms with Gasteiger partial charge in [-0.05, 0) is 33.8 Å². The van der Waals surface area contributed by atoms with Gasteiger partial charge in [0.25, 0.3) is 0 Å². The molecule has 0 bridgehead atoms. The number of aromatic nitrogens is 3. The van der Waals surface area contributed by atoms with Gasteiger partial charge in [-0.3, -0.25) is 14.5 Å². The Hall–Kier alpha value is -2.88. The van der Waals surface area contributed by atoms with Crippen LogP contribution in [0.25, 0.3) is 0 Å². The van der Waals surface area contributed by atoms with Crippen molar-refractivity contribution in [1.82, 2.24) is 19.7 Å². The molecule has 0 unspecified atom stereocenters. The molecule has 0 aliphatic carbocycles. The molecule has 142 valence electrons. The van der Waals surface area contributed by atoms with E-state index in [1.165, 1.54) is 0 Å². The Morgan fingerprint density at radius 2 is 1.96 bits per heavy atom. The third-order valence-corrected chi connectivity index (χ3v) is 5.55. The second-order valence-corrected chi connectivity index (χ2v) is 7.39. The van der Waals surface area contributed by atoms with Gasteiger partial charge in [-0.25, -0.2) is 0 Å². The Morgan fingerprint density at radius 3 is 2.56 bits per heavy atom. The molecule has 1 amide bonds. The fourth-order valence-electron chi connectivity index (χ4n) is 4.13. The van der Waals surface area contributed by atoms with Crippen LogP contribution in [0.15, 0.2) is 6.07 Å². The molecule has 0 aromatic carbocycles. The molecule has 2 atom stereocenters. The number of likely N-dealkylation sites (tertiary alicyclic amines) is 1. The highest BCUT2D eigenvalue weighted by atomic mass is 16.2. The Balaban J connectivity index is 1.90. The number of nitrogens with one attached hydrogen (secondary N) is 1. The normalized spacial score (nSPS) is 19.4. The van der Waals surface area contributed by atoms with Gasteiger partial charge in [0.1, 0.15) is 6.07 Å². The van der Waals surface area contributed by atoms with Gasteiger partial charge in [0.15, 0.2) is 0 Å². The predicted molar refractivity (Wildman–Crippen MR) is 103 cm³/mol. The highest BCUT2D eigenvalue weighted by molar-refractivity contribution is 5.79. The van der Waals surface area contributed by atoms with Gasteiger partial charge in [0.05, 0.1) is 28.7 Å². The molecule has 1 aliphatic heterocycles. The van der Waals surface area contributed by atoms with Gasteiger partial charge in [-0.2, -0.15) is 10.4 Å². The van der Waals surface area contributed by atoms with Crippen molar-refractivity contribution in [3.8, 4) is 6.07 Å². The summed E-state index contributed by atoms with van der Waals surface area (Å²) >= 11 is 0. The molecule has 1 N–H and O–H groups in total. The Morgan fingerprint density at radius 1 is 1.26 bits per heavy atom. The minimum absolute atomic E-state index is 0.0201. The number of nitrogens with zero attached hydrogens (tertiary/aromatic N) is 5. The summed E-state index contributed by atoms with van der Waals surface area (Å²) in [5, 5.41) is 17.4. The minimum Gasteiger partial charge on any atom is -0.383 e. The van der Waals surface area contributed by atoms with E-state index in [1.807, 2.05) is 57.4 Å². The van der Waals surface area contributed by atoms with E-state index in [0.29, 0.717) is 18.5 Å². The van der Waals surface area contributed by atoms with Gasteiger partial charge >= 0.3 is 0 Å². The van der Waals surface area contributed by atoms with Crippen molar-refractivity contribution in [2.75, 3.05) is 18.9 Å². The highest BCUT2D eigenvalue weighted by Crippen LogP contribution is 2.39. The number of pyridine rings is 1. The number of carbonyl (C=O) groups excluding carboxylic acids is 1. The van der Waals surface area contributed by atoms with Crippen LogP contribution >= 0.6 is 0 Å². The zero-order valence-electron chi connectivity index (χ0n) is 16.8. The molecule has 1 aliphatic rings. The first kappa shape index (κ1) is 18.9. The van der Waals surface area contributed by atoms with Gasteiger partial charge in [-0.15, -0.1) is 0 Å². The second kappa shape index (κ2) is 7.03. The predicted octanol–water partition coefficient (Wildman–Crippen LogP) is 2.55. The van der Waals surface area contributed by atoms with Crippen LogP contribution in [0.2, 0.25) is 0 Å². The molecule has 3 heterocycles. The maximum absolute atomic E-state index is 12.4. The van der Waals surface area contributed by atoms with Gasteiger partial charge in [0, 0.05) is 49.9 Å². The molecule has 7 nitrogen and oxygen atoms in total. The Kier molecular flexibility index (Phi) is 4.92. The highest BCUT2D eigenvalue weighted by Gasteiger charge is 2.40. The van der Waals surface area contributed by atoms with Crippen LogP contribution < -0.4 is 5.32 Å². The molecule has 7 heteroatoms. The van der Waals surface area contributed by atoms with Gasteiger partial charge in [-0.1, -0.05) is 0 Å². The number of aryl methyl sites for hydroxylation is 4. The summed E-state index contributed by atoms with van der Waals surface area (Å²) in [6, 6.07) is 4.10. The van der Waals surface area contributed by atoms with E-state index in [1.54, 1.807) is 0 Å². The molecule has 3 rings (SSSR count). The van der Waals surface area contributed by atoms with E-state index >= 15 is 0 Å². The molecule has 0 saturated carbocycles. The molecular weight excluding hydrogens is 340 g/mol. The standard InChI is InChI=1S/C20H26N6O/c1-11-7-17(16(9-21)12(2)23-11)22-10-15-8-18(27)25(5)20(15)19-13(3)24-26(6)14(19)4/h7,15,20H,8,10H2,1-6H3,(H,22,23)/t15-,20+/m0/s1. The van der Waals surface area contributed by atoms with Crippen molar-refractivity contribution >= 4 is 11.6 Å². The van der Waals surface area contributed by atoms with E-state index in [2.05, 4.69) is 21.5 Å². The Labute approximate surface area is 160 Å². The summed E-state index contributed by atoms with van der Waals surface area (Å²) in [5.74, 6) is 0.237. The lowest BCUT2D eigenvalue weighted by Crippen LogP contribution is -2.27. The molecule has 1 fully saturated rings. The number of nitriles is 1. The fourth-order valence-corrected chi connectivity index (χ4v) is 4.13. The molecule has 2 aromatic heterocycles. The minimum atomic E-state index is -0.0201. The quantitative estimate of drug-likeness (QED) is 0.898. The molecule has 0 radical (unpaired) electrons. The molecule has 2 aromatic rings. The summed E-state index contributed by atoms with van der Waals surface area (Å²) in [4.78, 5) is 18.6. The third kappa shape index (κ3) is 3.27. The van der Waals surface area contributed by atoms with Crippen LogP contribution in [0.4, 0.5) is 5.69 Å².